The fourth-order valence-electron chi connectivity index (χ4n) is 5.59. The van der Waals surface area contributed by atoms with E-state index in [4.69, 9.17) is 9.47 Å². The highest BCUT2D eigenvalue weighted by molar-refractivity contribution is 6.08. The molecule has 0 aliphatic rings. The standard InChI is InChI=1S/C36H27F4NO4/c37-26-16-17-31-30(21-26)33(29-14-4-2-9-24(29)22-45-27-12-6-11-25(20-27)36(38,39)40)34(35(42)43)41(31)18-7-19-44-32-15-5-10-23-8-1-3-13-28(23)32/h1-6,8-17,20-21H,7,18-19,22H2,(H,42,43). The number of aromatic nitrogens is 1. The van der Waals surface area contributed by atoms with Crippen molar-refractivity contribution >= 4 is 27.6 Å². The Labute approximate surface area is 255 Å². The lowest BCUT2D eigenvalue weighted by Crippen LogP contribution is -2.12. The summed E-state index contributed by atoms with van der Waals surface area (Å²) >= 11 is 0. The molecule has 0 atom stereocenters. The van der Waals surface area contributed by atoms with Crippen LogP contribution in [0.5, 0.6) is 11.5 Å². The average molecular weight is 614 g/mol. The van der Waals surface area contributed by atoms with Crippen molar-refractivity contribution in [2.45, 2.75) is 25.7 Å². The van der Waals surface area contributed by atoms with Gasteiger partial charge in [0.05, 0.1) is 12.2 Å². The number of carboxylic acid groups (broad SMARTS) is 1. The van der Waals surface area contributed by atoms with E-state index in [1.54, 1.807) is 34.9 Å². The van der Waals surface area contributed by atoms with Crippen LogP contribution in [-0.4, -0.2) is 22.2 Å². The van der Waals surface area contributed by atoms with Gasteiger partial charge in [0, 0.05) is 28.4 Å². The van der Waals surface area contributed by atoms with Crippen molar-refractivity contribution in [1.29, 1.82) is 0 Å². The molecular weight excluding hydrogens is 586 g/mol. The highest BCUT2D eigenvalue weighted by Gasteiger charge is 2.31. The molecule has 0 bridgehead atoms. The van der Waals surface area contributed by atoms with Crippen LogP contribution in [0.25, 0.3) is 32.8 Å². The van der Waals surface area contributed by atoms with E-state index in [9.17, 15) is 27.5 Å². The van der Waals surface area contributed by atoms with Gasteiger partial charge in [-0.3, -0.25) is 0 Å². The minimum atomic E-state index is -4.53. The van der Waals surface area contributed by atoms with Crippen molar-refractivity contribution in [2.24, 2.45) is 0 Å². The molecule has 1 N–H and O–H groups in total. The van der Waals surface area contributed by atoms with E-state index in [0.717, 1.165) is 28.7 Å². The molecule has 228 valence electrons. The first-order chi connectivity index (χ1) is 21.7. The number of carboxylic acids is 1. The summed E-state index contributed by atoms with van der Waals surface area (Å²) in [4.78, 5) is 12.8. The minimum absolute atomic E-state index is 0.0118. The molecule has 1 aromatic heterocycles. The van der Waals surface area contributed by atoms with E-state index in [2.05, 4.69) is 0 Å². The molecule has 6 aromatic rings. The number of alkyl halides is 3. The van der Waals surface area contributed by atoms with Gasteiger partial charge in [0.25, 0.3) is 0 Å². The number of nitrogens with zero attached hydrogens (tertiary/aromatic N) is 1. The first kappa shape index (κ1) is 29.7. The molecule has 0 aliphatic heterocycles. The molecule has 0 radical (unpaired) electrons. The number of halogens is 4. The van der Waals surface area contributed by atoms with Crippen molar-refractivity contribution in [2.75, 3.05) is 6.61 Å². The molecule has 5 nitrogen and oxygen atoms in total. The molecule has 0 unspecified atom stereocenters. The number of aryl methyl sites for hydroxylation is 1. The van der Waals surface area contributed by atoms with Gasteiger partial charge in [0.1, 0.15) is 29.6 Å². The van der Waals surface area contributed by atoms with Gasteiger partial charge in [-0.25, -0.2) is 9.18 Å². The number of hydrogen-bond acceptors (Lipinski definition) is 3. The Hall–Kier alpha value is -5.31. The van der Waals surface area contributed by atoms with Crippen molar-refractivity contribution in [3.05, 3.63) is 132 Å². The minimum Gasteiger partial charge on any atom is -0.493 e. The Morgan fingerprint density at radius 2 is 1.56 bits per heavy atom. The Bertz CT molecular complexity index is 2010. The lowest BCUT2D eigenvalue weighted by Gasteiger charge is -2.14. The number of benzene rings is 5. The second kappa shape index (κ2) is 12.4. The molecular formula is C36H27F4NO4. The Kier molecular flexibility index (Phi) is 8.17. The summed E-state index contributed by atoms with van der Waals surface area (Å²) < 4.78 is 67.8. The third-order valence-electron chi connectivity index (χ3n) is 7.60. The second-order valence-corrected chi connectivity index (χ2v) is 10.5. The summed E-state index contributed by atoms with van der Waals surface area (Å²) in [5.74, 6) is -1.00. The van der Waals surface area contributed by atoms with Gasteiger partial charge < -0.3 is 19.1 Å². The number of fused-ring (bicyclic) bond motifs is 2. The summed E-state index contributed by atoms with van der Waals surface area (Å²) in [6, 6.07) is 29.2. The molecule has 6 rings (SSSR count). The molecule has 0 amide bonds. The van der Waals surface area contributed by atoms with Crippen molar-refractivity contribution < 1.29 is 36.9 Å². The van der Waals surface area contributed by atoms with Crippen LogP contribution < -0.4 is 9.47 Å². The third-order valence-corrected chi connectivity index (χ3v) is 7.60. The van der Waals surface area contributed by atoms with Gasteiger partial charge in [-0.05, 0) is 65.4 Å². The van der Waals surface area contributed by atoms with E-state index in [1.165, 1.54) is 24.3 Å². The summed E-state index contributed by atoms with van der Waals surface area (Å²) in [5.41, 5.74) is 0.956. The zero-order valence-electron chi connectivity index (χ0n) is 23.9. The number of rotatable bonds is 10. The van der Waals surface area contributed by atoms with Crippen LogP contribution in [0, 0.1) is 5.82 Å². The fraction of sp³-hybridized carbons (Fsp3) is 0.139. The molecule has 45 heavy (non-hydrogen) atoms. The van der Waals surface area contributed by atoms with Gasteiger partial charge in [-0.2, -0.15) is 13.2 Å². The highest BCUT2D eigenvalue weighted by atomic mass is 19.4. The fourth-order valence-corrected chi connectivity index (χ4v) is 5.59. The van der Waals surface area contributed by atoms with E-state index >= 15 is 0 Å². The van der Waals surface area contributed by atoms with Crippen LogP contribution in [0.3, 0.4) is 0 Å². The first-order valence-electron chi connectivity index (χ1n) is 14.2. The van der Waals surface area contributed by atoms with Gasteiger partial charge in [-0.15, -0.1) is 0 Å². The van der Waals surface area contributed by atoms with E-state index < -0.39 is 23.5 Å². The Balaban J connectivity index is 1.32. The summed E-state index contributed by atoms with van der Waals surface area (Å²) in [6.07, 6.45) is -4.07. The van der Waals surface area contributed by atoms with Crippen molar-refractivity contribution in [3.8, 4) is 22.6 Å². The first-order valence-corrected chi connectivity index (χ1v) is 14.2. The third kappa shape index (κ3) is 6.20. The zero-order valence-corrected chi connectivity index (χ0v) is 23.9. The maximum atomic E-state index is 14.6. The molecule has 5 aromatic carbocycles. The topological polar surface area (TPSA) is 60.7 Å². The quantitative estimate of drug-likeness (QED) is 0.124. The summed E-state index contributed by atoms with van der Waals surface area (Å²) in [5, 5.41) is 12.9. The lowest BCUT2D eigenvalue weighted by atomic mass is 9.97. The molecule has 0 fully saturated rings. The van der Waals surface area contributed by atoms with Crippen molar-refractivity contribution in [1.82, 2.24) is 4.57 Å². The number of aromatic carboxylic acids is 1. The van der Waals surface area contributed by atoms with Gasteiger partial charge in [0.2, 0.25) is 0 Å². The van der Waals surface area contributed by atoms with Crippen molar-refractivity contribution in [3.63, 3.8) is 0 Å². The average Bonchev–Trinajstić information content (AvgIpc) is 3.35. The summed E-state index contributed by atoms with van der Waals surface area (Å²) in [7, 11) is 0. The lowest BCUT2D eigenvalue weighted by molar-refractivity contribution is -0.137. The molecule has 0 aliphatic carbocycles. The van der Waals surface area contributed by atoms with Crippen LogP contribution >= 0.6 is 0 Å². The van der Waals surface area contributed by atoms with E-state index in [-0.39, 0.29) is 24.6 Å². The number of carbonyl (C=O) groups is 1. The Morgan fingerprint density at radius 3 is 2.38 bits per heavy atom. The second-order valence-electron chi connectivity index (χ2n) is 10.5. The number of hydrogen-bond donors (Lipinski definition) is 1. The van der Waals surface area contributed by atoms with Gasteiger partial charge in [-0.1, -0.05) is 66.7 Å². The maximum absolute atomic E-state index is 14.6. The normalized spacial score (nSPS) is 11.6. The van der Waals surface area contributed by atoms with Gasteiger partial charge >= 0.3 is 12.1 Å². The predicted molar refractivity (Wildman–Crippen MR) is 164 cm³/mol. The molecule has 0 spiro atoms. The Morgan fingerprint density at radius 1 is 0.800 bits per heavy atom. The molecule has 9 heteroatoms. The number of ether oxygens (including phenoxy) is 2. The summed E-state index contributed by atoms with van der Waals surface area (Å²) in [6.45, 7) is 0.444. The highest BCUT2D eigenvalue weighted by Crippen LogP contribution is 2.38. The molecule has 1 heterocycles. The SMILES string of the molecule is O=C(O)c1c(-c2ccccc2COc2cccc(C(F)(F)F)c2)c2cc(F)ccc2n1CCCOc1cccc2ccccc12. The van der Waals surface area contributed by atoms with Crippen LogP contribution in [0.2, 0.25) is 0 Å². The molecule has 0 saturated carbocycles. The zero-order chi connectivity index (χ0) is 31.6. The van der Waals surface area contributed by atoms with E-state index in [1.807, 2.05) is 42.5 Å². The van der Waals surface area contributed by atoms with Crippen LogP contribution in [0.4, 0.5) is 17.6 Å². The van der Waals surface area contributed by atoms with Crippen LogP contribution in [0.1, 0.15) is 28.0 Å². The monoisotopic (exact) mass is 613 g/mol. The van der Waals surface area contributed by atoms with Crippen LogP contribution in [-0.2, 0) is 19.3 Å². The predicted octanol–water partition coefficient (Wildman–Crippen LogP) is 9.37. The van der Waals surface area contributed by atoms with Crippen LogP contribution in [0.15, 0.2) is 109 Å². The largest absolute Gasteiger partial charge is 0.493 e. The van der Waals surface area contributed by atoms with Gasteiger partial charge in [0.15, 0.2) is 0 Å². The molecule has 0 saturated heterocycles. The van der Waals surface area contributed by atoms with E-state index in [0.29, 0.717) is 40.6 Å². The smallest absolute Gasteiger partial charge is 0.416 e. The maximum Gasteiger partial charge on any atom is 0.416 e.